The van der Waals surface area contributed by atoms with Crippen LogP contribution in [0.4, 0.5) is 0 Å². The van der Waals surface area contributed by atoms with Crippen molar-refractivity contribution in [1.29, 1.82) is 0 Å². The van der Waals surface area contributed by atoms with Crippen molar-refractivity contribution in [3.63, 3.8) is 0 Å². The first-order chi connectivity index (χ1) is 12.4. The zero-order chi connectivity index (χ0) is 19.1. The van der Waals surface area contributed by atoms with Gasteiger partial charge < -0.3 is 24.0 Å². The van der Waals surface area contributed by atoms with Gasteiger partial charge in [-0.05, 0) is 0 Å². The van der Waals surface area contributed by atoms with Crippen molar-refractivity contribution in [2.24, 2.45) is 0 Å². The average molecular weight is 368 g/mol. The van der Waals surface area contributed by atoms with Crippen LogP contribution in [0.15, 0.2) is 12.2 Å². The van der Waals surface area contributed by atoms with E-state index in [1.54, 1.807) is 9.80 Å². The molecule has 0 radical (unpaired) electrons. The first-order valence-electron chi connectivity index (χ1n) is 8.50. The monoisotopic (exact) mass is 368 g/mol. The number of hydrogen-bond donors (Lipinski definition) is 0. The number of rotatable bonds is 5. The van der Waals surface area contributed by atoms with E-state index in [4.69, 9.17) is 9.47 Å². The van der Waals surface area contributed by atoms with Gasteiger partial charge in [0.2, 0.25) is 11.8 Å². The van der Waals surface area contributed by atoms with Gasteiger partial charge in [0.05, 0.1) is 26.9 Å². The third-order valence-electron chi connectivity index (χ3n) is 4.39. The summed E-state index contributed by atoms with van der Waals surface area (Å²) in [6.07, 6.45) is 2.01. The van der Waals surface area contributed by atoms with Crippen molar-refractivity contribution in [3.05, 3.63) is 12.2 Å². The van der Waals surface area contributed by atoms with E-state index in [9.17, 15) is 19.2 Å². The number of carbonyl (C=O) groups is 4. The molecule has 9 nitrogen and oxygen atoms in total. The second kappa shape index (κ2) is 9.33. The molecule has 2 aliphatic rings. The molecule has 2 fully saturated rings. The van der Waals surface area contributed by atoms with E-state index < -0.39 is 18.0 Å². The molecule has 9 heteroatoms. The predicted molar refractivity (Wildman–Crippen MR) is 88.8 cm³/mol. The number of likely N-dealkylation sites (tertiary alicyclic amines) is 1. The molecule has 0 aromatic heterocycles. The summed E-state index contributed by atoms with van der Waals surface area (Å²) >= 11 is 0. The van der Waals surface area contributed by atoms with Crippen LogP contribution in [0, 0.1) is 0 Å². The van der Waals surface area contributed by atoms with Crippen LogP contribution in [0.2, 0.25) is 0 Å². The number of amides is 2. The summed E-state index contributed by atoms with van der Waals surface area (Å²) in [6.45, 7) is 3.77. The molecular weight excluding hydrogens is 344 g/mol. The smallest absolute Gasteiger partial charge is 0.331 e. The van der Waals surface area contributed by atoms with Crippen LogP contribution in [0.1, 0.15) is 19.8 Å². The minimum absolute atomic E-state index is 0.0397. The Morgan fingerprint density at radius 3 is 2.38 bits per heavy atom. The summed E-state index contributed by atoms with van der Waals surface area (Å²) in [6, 6.07) is -0.315. The first-order valence-corrected chi connectivity index (χ1v) is 8.50. The van der Waals surface area contributed by atoms with E-state index in [2.05, 4.69) is 4.74 Å². The molecular formula is C17H24N2O7. The van der Waals surface area contributed by atoms with E-state index in [1.165, 1.54) is 14.0 Å². The van der Waals surface area contributed by atoms with E-state index >= 15 is 0 Å². The van der Waals surface area contributed by atoms with Crippen molar-refractivity contribution in [3.8, 4) is 0 Å². The minimum atomic E-state index is -0.691. The summed E-state index contributed by atoms with van der Waals surface area (Å²) < 4.78 is 14.9. The molecule has 2 heterocycles. The van der Waals surface area contributed by atoms with Crippen molar-refractivity contribution in [2.45, 2.75) is 31.9 Å². The van der Waals surface area contributed by atoms with E-state index in [0.717, 1.165) is 12.2 Å². The maximum atomic E-state index is 12.4. The fraction of sp³-hybridized carbons (Fsp3) is 0.647. The van der Waals surface area contributed by atoms with Crippen LogP contribution in [0.5, 0.6) is 0 Å². The molecule has 2 rings (SSSR count). The van der Waals surface area contributed by atoms with Gasteiger partial charge in [0.1, 0.15) is 6.10 Å². The number of methoxy groups -OCH3 is 1. The summed E-state index contributed by atoms with van der Waals surface area (Å²) in [5, 5.41) is 0. The first kappa shape index (κ1) is 19.9. The third kappa shape index (κ3) is 5.55. The second-order valence-corrected chi connectivity index (χ2v) is 6.17. The summed E-state index contributed by atoms with van der Waals surface area (Å²) in [4.78, 5) is 50.3. The lowest BCUT2D eigenvalue weighted by atomic mass is 10.1. The van der Waals surface area contributed by atoms with Crippen LogP contribution in [0.25, 0.3) is 0 Å². The number of hydrogen-bond acceptors (Lipinski definition) is 7. The Hall–Kier alpha value is -2.42. The molecule has 0 aromatic carbocycles. The van der Waals surface area contributed by atoms with Gasteiger partial charge in [-0.25, -0.2) is 9.59 Å². The van der Waals surface area contributed by atoms with Gasteiger partial charge >= 0.3 is 11.9 Å². The molecule has 0 aromatic rings. The largest absolute Gasteiger partial charge is 0.466 e. The zero-order valence-electron chi connectivity index (χ0n) is 15.0. The van der Waals surface area contributed by atoms with Gasteiger partial charge in [-0.2, -0.15) is 0 Å². The molecule has 2 amide bonds. The Morgan fingerprint density at radius 2 is 1.77 bits per heavy atom. The molecule has 2 aliphatic heterocycles. The number of carbonyl (C=O) groups excluding carboxylic acids is 4. The molecule has 144 valence electrons. The normalized spacial score (nSPS) is 23.2. The highest BCUT2D eigenvalue weighted by molar-refractivity contribution is 5.91. The third-order valence-corrected chi connectivity index (χ3v) is 4.39. The Kier molecular flexibility index (Phi) is 7.14. The average Bonchev–Trinajstić information content (AvgIpc) is 3.02. The fourth-order valence-electron chi connectivity index (χ4n) is 3.09. The lowest BCUT2D eigenvalue weighted by molar-refractivity contribution is -0.144. The van der Waals surface area contributed by atoms with Gasteiger partial charge in [-0.1, -0.05) is 0 Å². The van der Waals surface area contributed by atoms with E-state index in [0.29, 0.717) is 32.7 Å². The maximum Gasteiger partial charge on any atom is 0.331 e. The van der Waals surface area contributed by atoms with Gasteiger partial charge in [0, 0.05) is 51.0 Å². The molecule has 0 saturated carbocycles. The van der Waals surface area contributed by atoms with Crippen LogP contribution in [-0.2, 0) is 33.4 Å². The van der Waals surface area contributed by atoms with Gasteiger partial charge in [0.25, 0.3) is 0 Å². The summed E-state index contributed by atoms with van der Waals surface area (Å²) in [5.41, 5.74) is 0. The van der Waals surface area contributed by atoms with Crippen molar-refractivity contribution in [1.82, 2.24) is 9.80 Å². The predicted octanol–water partition coefficient (Wildman–Crippen LogP) is -0.503. The van der Waals surface area contributed by atoms with Crippen LogP contribution in [0.3, 0.4) is 0 Å². The number of esters is 2. The molecule has 0 spiro atoms. The molecule has 2 atom stereocenters. The van der Waals surface area contributed by atoms with Crippen LogP contribution < -0.4 is 0 Å². The SMILES string of the molecule is COC(=O)/C=C/C(=O)OC1CC(CC(=O)N2CCOCC2)N(C(C)=O)C1. The van der Waals surface area contributed by atoms with Crippen LogP contribution in [-0.4, -0.2) is 85.7 Å². The maximum absolute atomic E-state index is 12.4. The summed E-state index contributed by atoms with van der Waals surface area (Å²) in [7, 11) is 1.20. The highest BCUT2D eigenvalue weighted by Crippen LogP contribution is 2.24. The number of ether oxygens (including phenoxy) is 3. The molecule has 0 N–H and O–H groups in total. The van der Waals surface area contributed by atoms with Gasteiger partial charge in [-0.15, -0.1) is 0 Å². The topological polar surface area (TPSA) is 102 Å². The quantitative estimate of drug-likeness (QED) is 0.476. The van der Waals surface area contributed by atoms with Crippen molar-refractivity contribution >= 4 is 23.8 Å². The van der Waals surface area contributed by atoms with Crippen molar-refractivity contribution in [2.75, 3.05) is 40.0 Å². The molecule has 2 unspecified atom stereocenters. The van der Waals surface area contributed by atoms with Gasteiger partial charge in [-0.3, -0.25) is 9.59 Å². The molecule has 0 bridgehead atoms. The highest BCUT2D eigenvalue weighted by atomic mass is 16.5. The molecule has 0 aliphatic carbocycles. The number of nitrogens with zero attached hydrogens (tertiary/aromatic N) is 2. The molecule has 26 heavy (non-hydrogen) atoms. The van der Waals surface area contributed by atoms with E-state index in [-0.39, 0.29) is 30.8 Å². The fourth-order valence-corrected chi connectivity index (χ4v) is 3.09. The standard InChI is InChI=1S/C17H24N2O7/c1-12(20)19-11-14(26-17(23)4-3-16(22)24-2)9-13(19)10-15(21)18-5-7-25-8-6-18/h3-4,13-14H,5-11H2,1-2H3/b4-3+. The Morgan fingerprint density at radius 1 is 1.12 bits per heavy atom. The Labute approximate surface area is 151 Å². The lowest BCUT2D eigenvalue weighted by Gasteiger charge is -2.29. The number of morpholine rings is 1. The van der Waals surface area contributed by atoms with E-state index in [1.807, 2.05) is 0 Å². The minimum Gasteiger partial charge on any atom is -0.466 e. The second-order valence-electron chi connectivity index (χ2n) is 6.17. The van der Waals surface area contributed by atoms with Crippen LogP contribution >= 0.6 is 0 Å². The highest BCUT2D eigenvalue weighted by Gasteiger charge is 2.37. The Bertz CT molecular complexity index is 584. The van der Waals surface area contributed by atoms with Crippen molar-refractivity contribution < 1.29 is 33.4 Å². The summed E-state index contributed by atoms with van der Waals surface area (Å²) in [5.74, 6) is -1.56. The Balaban J connectivity index is 1.91. The van der Waals surface area contributed by atoms with Gasteiger partial charge in [0.15, 0.2) is 0 Å². The zero-order valence-corrected chi connectivity index (χ0v) is 15.0. The molecule has 2 saturated heterocycles. The lowest BCUT2D eigenvalue weighted by Crippen LogP contribution is -2.44.